The van der Waals surface area contributed by atoms with E-state index in [1.807, 2.05) is 12.2 Å². The number of benzene rings is 3. The summed E-state index contributed by atoms with van der Waals surface area (Å²) < 4.78 is 9.35. The number of fused-ring (bicyclic) bond motifs is 12. The minimum Gasteiger partial charge on any atom is -0.506 e. The highest BCUT2D eigenvalue weighted by Gasteiger charge is 2.51. The summed E-state index contributed by atoms with van der Waals surface area (Å²) in [4.78, 5) is 42.7. The highest BCUT2D eigenvalue weighted by Crippen LogP contribution is 2.69. The van der Waals surface area contributed by atoms with Crippen LogP contribution in [0.15, 0.2) is 58.9 Å². The third kappa shape index (κ3) is 12.5. The summed E-state index contributed by atoms with van der Waals surface area (Å²) >= 11 is 32.9. The predicted molar refractivity (Wildman–Crippen MR) is 397 cm³/mol. The number of ether oxygens (including phenoxy) is 1. The molecule has 0 bridgehead atoms. The second-order valence-electron chi connectivity index (χ2n) is 25.8. The number of hydrogen-bond acceptors (Lipinski definition) is 10. The number of unbranched alkanes of at least 4 members (excludes halogenated alkanes) is 17. The van der Waals surface area contributed by atoms with Crippen LogP contribution >= 0.6 is 91.8 Å². The maximum atomic E-state index is 14.6. The van der Waals surface area contributed by atoms with Crippen LogP contribution in [0.2, 0.25) is 20.1 Å². The lowest BCUT2D eigenvalue weighted by atomic mass is 9.69. The van der Waals surface area contributed by atoms with E-state index in [0.717, 1.165) is 209 Å². The Morgan fingerprint density at radius 1 is 0.500 bits per heavy atom. The maximum absolute atomic E-state index is 14.6. The first kappa shape index (κ1) is 69.4. The van der Waals surface area contributed by atoms with Gasteiger partial charge in [-0.15, -0.1) is 45.3 Å². The zero-order chi connectivity index (χ0) is 66.6. The van der Waals surface area contributed by atoms with Crippen LogP contribution in [-0.4, -0.2) is 23.3 Å². The van der Waals surface area contributed by atoms with Crippen LogP contribution in [0.4, 0.5) is 0 Å². The van der Waals surface area contributed by atoms with Crippen LogP contribution in [0.25, 0.3) is 72.7 Å². The Labute approximate surface area is 590 Å². The number of Topliss-reactive ketones (excluding diaryl/α,β-unsaturated/α-hetero) is 2. The molecule has 4 aromatic heterocycles. The average Bonchev–Trinajstić information content (AvgIpc) is 1.51. The second kappa shape index (κ2) is 30.2. The second-order valence-corrected chi connectivity index (χ2v) is 31.6. The van der Waals surface area contributed by atoms with Crippen molar-refractivity contribution in [2.24, 2.45) is 0 Å². The summed E-state index contributed by atoms with van der Waals surface area (Å²) in [6.45, 7) is 27.9. The Bertz CT molecular complexity index is 4280. The van der Waals surface area contributed by atoms with Gasteiger partial charge in [-0.3, -0.25) is 9.59 Å². The van der Waals surface area contributed by atoms with Crippen LogP contribution in [0.3, 0.4) is 0 Å². The number of halogens is 4. The molecule has 4 aliphatic rings. The molecule has 94 heavy (non-hydrogen) atoms. The van der Waals surface area contributed by atoms with Gasteiger partial charge in [-0.25, -0.2) is 20.2 Å². The van der Waals surface area contributed by atoms with Gasteiger partial charge < -0.3 is 9.84 Å². The monoisotopic (exact) mass is 1400 g/mol. The third-order valence-corrected chi connectivity index (χ3v) is 26.2. The zero-order valence-electron chi connectivity index (χ0n) is 54.3. The zero-order valence-corrected chi connectivity index (χ0v) is 60.6. The number of hydrogen-bond donors (Lipinski definition) is 1. The summed E-state index contributed by atoms with van der Waals surface area (Å²) in [7, 11) is 0. The number of nitriles is 2. The van der Waals surface area contributed by atoms with Crippen LogP contribution in [0, 0.1) is 35.8 Å². The van der Waals surface area contributed by atoms with Crippen LogP contribution < -0.4 is 4.74 Å². The predicted octanol–water partition coefficient (Wildman–Crippen LogP) is 26.6. The fraction of sp³-hybridized carbons (Fsp3) is 0.436. The summed E-state index contributed by atoms with van der Waals surface area (Å²) in [5.41, 5.74) is 5.96. The van der Waals surface area contributed by atoms with Crippen molar-refractivity contribution in [2.45, 2.75) is 212 Å². The summed E-state index contributed by atoms with van der Waals surface area (Å²) in [5, 5.41) is 37.5. The molecule has 0 fully saturated rings. The largest absolute Gasteiger partial charge is 0.506 e. The quantitative estimate of drug-likeness (QED) is 0.0207. The Morgan fingerprint density at radius 3 is 1.26 bits per heavy atom. The Kier molecular flexibility index (Phi) is 22.3. The van der Waals surface area contributed by atoms with E-state index >= 15 is 0 Å². The van der Waals surface area contributed by atoms with Crippen molar-refractivity contribution in [1.82, 2.24) is 0 Å². The first-order valence-electron chi connectivity index (χ1n) is 33.9. The molecule has 0 atom stereocenters. The highest BCUT2D eigenvalue weighted by atomic mass is 35.5. The molecule has 486 valence electrons. The van der Waals surface area contributed by atoms with E-state index < -0.39 is 10.8 Å². The molecule has 0 saturated heterocycles. The standard InChI is InChI=1S/C78H78Cl4N4O4S4/c1-8-13-18-23-24-29-34-90-70-64-66-76(72-54(78(66,32-27-21-16-11-4)33-28-22-17-12-5)38-46(92-72)36-52-62(60(44-84)86-7)48-40-56(80)58(82)42-50(48)68(52)88)93-73(64)69(89)63-65-75(94-74(63)70)71-53(77(65,30-25-19-14-9-2)31-26-20-15-10-3)37-45(91-71)35-51-61(59(43-83)85-6)47-39-55(79)57(81)41-49(47)67(51)87/h35-42,89H,8-34H2,1-5H3/b51-35-,52-36-,61-59?,62-60+. The number of phenols is 1. The molecule has 0 saturated carbocycles. The minimum atomic E-state index is -0.512. The van der Waals surface area contributed by atoms with Crippen molar-refractivity contribution in [3.8, 4) is 43.1 Å². The van der Waals surface area contributed by atoms with Gasteiger partial charge in [0.25, 0.3) is 11.4 Å². The smallest absolute Gasteiger partial charge is 0.270 e. The van der Waals surface area contributed by atoms with Crippen LogP contribution in [0.1, 0.15) is 265 Å². The number of rotatable bonds is 30. The Morgan fingerprint density at radius 2 is 0.862 bits per heavy atom. The summed E-state index contributed by atoms with van der Waals surface area (Å²) in [5.74, 6) is 0.504. The number of thiophene rings is 4. The van der Waals surface area contributed by atoms with E-state index in [0.29, 0.717) is 34.6 Å². The van der Waals surface area contributed by atoms with Crippen molar-refractivity contribution < 1.29 is 19.4 Å². The molecule has 4 aliphatic carbocycles. The molecule has 1 N–H and O–H groups in total. The minimum absolute atomic E-state index is 0.189. The molecule has 0 aliphatic heterocycles. The highest BCUT2D eigenvalue weighted by molar-refractivity contribution is 7.29. The van der Waals surface area contributed by atoms with Crippen molar-refractivity contribution in [2.75, 3.05) is 6.61 Å². The van der Waals surface area contributed by atoms with Crippen molar-refractivity contribution >= 4 is 147 Å². The van der Waals surface area contributed by atoms with Crippen molar-refractivity contribution in [1.29, 1.82) is 10.5 Å². The van der Waals surface area contributed by atoms with E-state index in [-0.39, 0.29) is 65.3 Å². The van der Waals surface area contributed by atoms with Crippen LogP contribution in [0.5, 0.6) is 11.5 Å². The van der Waals surface area contributed by atoms with Gasteiger partial charge in [0.15, 0.2) is 11.6 Å². The number of phenolic OH excluding ortho intramolecular Hbond substituents is 1. The fourth-order valence-corrected chi connectivity index (χ4v) is 21.4. The van der Waals surface area contributed by atoms with Gasteiger partial charge in [-0.2, -0.15) is 0 Å². The fourth-order valence-electron chi connectivity index (χ4n) is 15.3. The van der Waals surface area contributed by atoms with Gasteiger partial charge >= 0.3 is 0 Å². The summed E-state index contributed by atoms with van der Waals surface area (Å²) in [6.07, 6.45) is 30.8. The van der Waals surface area contributed by atoms with Gasteiger partial charge in [-0.1, -0.05) is 216 Å². The molecule has 0 unspecified atom stereocenters. The molecule has 7 aromatic rings. The van der Waals surface area contributed by atoms with E-state index in [1.54, 1.807) is 69.6 Å². The summed E-state index contributed by atoms with van der Waals surface area (Å²) in [6, 6.07) is 15.0. The van der Waals surface area contributed by atoms with Crippen molar-refractivity contribution in [3.63, 3.8) is 0 Å². The van der Waals surface area contributed by atoms with Gasteiger partial charge in [0.2, 0.25) is 0 Å². The van der Waals surface area contributed by atoms with Gasteiger partial charge in [0, 0.05) is 74.5 Å². The van der Waals surface area contributed by atoms with Crippen molar-refractivity contribution in [3.05, 3.63) is 156 Å². The molecule has 0 radical (unpaired) electrons. The lowest BCUT2D eigenvalue weighted by Gasteiger charge is -2.33. The van der Waals surface area contributed by atoms with Crippen LogP contribution in [-0.2, 0) is 10.8 Å². The SMILES string of the molecule is [C-]#[N+]C(C#N)=C1/C(=C/c2cc3c(s2)-c2sc4c(OCCCCCCCC)c5c6c(sc5c(O)c4c2C3(CCCCCC)CCCCCC)-c2sc(/C=C3\C(=O)c4cc(Cl)c(Cl)cc4\C3=C(\C#N)[N+]#[C-])cc2C6(CCCCCC)CCCCCC)C(=O)c2cc(Cl)c(Cl)cc21. The number of nitrogens with zero attached hydrogens (tertiary/aromatic N) is 4. The maximum Gasteiger partial charge on any atom is 0.270 e. The van der Waals surface area contributed by atoms with Gasteiger partial charge in [0.1, 0.15) is 11.5 Å². The topological polar surface area (TPSA) is 120 Å². The molecule has 11 rings (SSSR count). The molecule has 16 heteroatoms. The number of carbonyl (C=O) groups excluding carboxylic acids is 2. The molecule has 4 heterocycles. The van der Waals surface area contributed by atoms with Gasteiger partial charge in [0.05, 0.1) is 71.1 Å². The lowest BCUT2D eigenvalue weighted by Crippen LogP contribution is -2.26. The molecule has 3 aromatic carbocycles. The number of aromatic hydroxyl groups is 1. The third-order valence-electron chi connectivity index (χ3n) is 19.8. The molecular weight excluding hydrogens is 1330 g/mol. The Hall–Kier alpha value is -6.00. The molecule has 8 nitrogen and oxygen atoms in total. The molecular formula is C78H78Cl4N4O4S4. The normalized spacial score (nSPS) is 16.5. The average molecular weight is 1410 g/mol. The number of allylic oxidation sites excluding steroid dienone is 6. The van der Waals surface area contributed by atoms with E-state index in [9.17, 15) is 25.2 Å². The first-order valence-corrected chi connectivity index (χ1v) is 38.7. The number of carbonyl (C=O) groups is 2. The molecule has 0 spiro atoms. The van der Waals surface area contributed by atoms with E-state index in [1.165, 1.54) is 35.1 Å². The number of ketones is 2. The van der Waals surface area contributed by atoms with E-state index in [2.05, 4.69) is 68.6 Å². The lowest BCUT2D eigenvalue weighted by molar-refractivity contribution is 0.103. The molecule has 0 amide bonds. The first-order chi connectivity index (χ1) is 45.6. The van der Waals surface area contributed by atoms with E-state index in [4.69, 9.17) is 64.3 Å². The Balaban J connectivity index is 1.18. The van der Waals surface area contributed by atoms with Gasteiger partial charge in [-0.05, 0) is 114 Å².